The highest BCUT2D eigenvalue weighted by atomic mass is 16.7. The van der Waals surface area contributed by atoms with Crippen LogP contribution in [0.4, 0.5) is 11.5 Å². The second-order valence-electron chi connectivity index (χ2n) is 5.35. The van der Waals surface area contributed by atoms with Gasteiger partial charge in [0.2, 0.25) is 0 Å². The Balaban J connectivity index is 2.47. The SMILES string of the molecule is CC(C)(C)C(=O)On1nc(N)c2cc([N+](=O)[O-])ccc21. The first-order chi connectivity index (χ1) is 9.20. The molecule has 106 valence electrons. The number of aromatic nitrogens is 2. The Bertz CT molecular complexity index is 699. The standard InChI is InChI=1S/C12H14N4O4/c1-12(2,3)11(17)20-15-9-5-4-7(16(18)19)6-8(9)10(13)14-15/h4-6H,1-3H3,(H2,13,14). The largest absolute Gasteiger partial charge is 0.382 e. The second-order valence-corrected chi connectivity index (χ2v) is 5.35. The van der Waals surface area contributed by atoms with E-state index in [4.69, 9.17) is 10.6 Å². The number of rotatable bonds is 2. The molecule has 8 heteroatoms. The Morgan fingerprint density at radius 1 is 1.45 bits per heavy atom. The van der Waals surface area contributed by atoms with Crippen molar-refractivity contribution in [3.8, 4) is 0 Å². The molecule has 0 saturated heterocycles. The van der Waals surface area contributed by atoms with Crippen molar-refractivity contribution < 1.29 is 14.6 Å². The molecule has 8 nitrogen and oxygen atoms in total. The van der Waals surface area contributed by atoms with Gasteiger partial charge in [-0.15, -0.1) is 5.10 Å². The Morgan fingerprint density at radius 2 is 2.10 bits per heavy atom. The summed E-state index contributed by atoms with van der Waals surface area (Å²) < 4.78 is 0. The van der Waals surface area contributed by atoms with Gasteiger partial charge in [0, 0.05) is 12.1 Å². The normalized spacial score (nSPS) is 11.6. The number of hydrogen-bond acceptors (Lipinski definition) is 6. The molecule has 1 aromatic carbocycles. The van der Waals surface area contributed by atoms with Crippen molar-refractivity contribution in [1.82, 2.24) is 9.94 Å². The van der Waals surface area contributed by atoms with Crippen LogP contribution in [0, 0.1) is 15.5 Å². The van der Waals surface area contributed by atoms with Gasteiger partial charge < -0.3 is 10.6 Å². The lowest BCUT2D eigenvalue weighted by Gasteiger charge is -2.15. The van der Waals surface area contributed by atoms with E-state index in [-0.39, 0.29) is 11.5 Å². The number of carbonyl (C=O) groups excluding carboxylic acids is 1. The number of anilines is 1. The van der Waals surface area contributed by atoms with E-state index in [2.05, 4.69) is 5.10 Å². The van der Waals surface area contributed by atoms with Crippen LogP contribution in [-0.2, 0) is 4.79 Å². The zero-order valence-electron chi connectivity index (χ0n) is 11.3. The van der Waals surface area contributed by atoms with Crippen LogP contribution in [0.1, 0.15) is 20.8 Å². The summed E-state index contributed by atoms with van der Waals surface area (Å²) in [6, 6.07) is 4.02. The Labute approximate surface area is 114 Å². The molecule has 0 amide bonds. The van der Waals surface area contributed by atoms with Crippen LogP contribution in [0.15, 0.2) is 18.2 Å². The fourth-order valence-corrected chi connectivity index (χ4v) is 1.50. The molecular formula is C12H14N4O4. The number of nitrogens with zero attached hydrogens (tertiary/aromatic N) is 3. The maximum atomic E-state index is 11.8. The first kappa shape index (κ1) is 13.8. The molecule has 0 atom stereocenters. The van der Waals surface area contributed by atoms with Crippen molar-refractivity contribution in [1.29, 1.82) is 0 Å². The Morgan fingerprint density at radius 3 is 2.65 bits per heavy atom. The first-order valence-corrected chi connectivity index (χ1v) is 5.85. The van der Waals surface area contributed by atoms with Gasteiger partial charge in [-0.1, -0.05) is 4.85 Å². The highest BCUT2D eigenvalue weighted by Gasteiger charge is 2.26. The summed E-state index contributed by atoms with van der Waals surface area (Å²) in [5, 5.41) is 15.0. The minimum Gasteiger partial charge on any atom is -0.382 e. The zero-order chi connectivity index (χ0) is 15.1. The molecule has 20 heavy (non-hydrogen) atoms. The van der Waals surface area contributed by atoms with Gasteiger partial charge in [-0.3, -0.25) is 10.1 Å². The van der Waals surface area contributed by atoms with Crippen LogP contribution in [0.2, 0.25) is 0 Å². The molecule has 0 spiro atoms. The number of carbonyl (C=O) groups is 1. The summed E-state index contributed by atoms with van der Waals surface area (Å²) in [4.78, 5) is 28.1. The summed E-state index contributed by atoms with van der Waals surface area (Å²) in [6.07, 6.45) is 0. The molecule has 0 saturated carbocycles. The minimum atomic E-state index is -0.701. The van der Waals surface area contributed by atoms with Crippen molar-refractivity contribution >= 4 is 28.4 Å². The van der Waals surface area contributed by atoms with Gasteiger partial charge in [-0.05, 0) is 26.8 Å². The smallest absolute Gasteiger partial charge is 0.340 e. The average molecular weight is 278 g/mol. The summed E-state index contributed by atoms with van der Waals surface area (Å²) in [7, 11) is 0. The van der Waals surface area contributed by atoms with Crippen LogP contribution in [-0.4, -0.2) is 20.8 Å². The third kappa shape index (κ3) is 2.40. The van der Waals surface area contributed by atoms with Crippen molar-refractivity contribution in [2.24, 2.45) is 5.41 Å². The van der Waals surface area contributed by atoms with Gasteiger partial charge in [-0.2, -0.15) is 0 Å². The monoisotopic (exact) mass is 278 g/mol. The summed E-state index contributed by atoms with van der Waals surface area (Å²) in [5.41, 5.74) is 5.27. The maximum Gasteiger partial charge on any atom is 0.340 e. The number of nitro groups is 1. The molecule has 0 aliphatic carbocycles. The molecule has 0 bridgehead atoms. The van der Waals surface area contributed by atoms with Crippen molar-refractivity contribution in [2.75, 3.05) is 5.73 Å². The van der Waals surface area contributed by atoms with E-state index in [9.17, 15) is 14.9 Å². The first-order valence-electron chi connectivity index (χ1n) is 5.85. The number of fused-ring (bicyclic) bond motifs is 1. The van der Waals surface area contributed by atoms with E-state index in [1.807, 2.05) is 0 Å². The molecule has 2 N–H and O–H groups in total. The third-order valence-corrected chi connectivity index (χ3v) is 2.65. The lowest BCUT2D eigenvalue weighted by atomic mass is 9.98. The van der Waals surface area contributed by atoms with Gasteiger partial charge in [0.15, 0.2) is 5.82 Å². The van der Waals surface area contributed by atoms with E-state index in [1.54, 1.807) is 20.8 Å². The van der Waals surface area contributed by atoms with Crippen molar-refractivity contribution in [3.05, 3.63) is 28.3 Å². The van der Waals surface area contributed by atoms with E-state index in [0.29, 0.717) is 10.9 Å². The minimum absolute atomic E-state index is 0.0606. The quantitative estimate of drug-likeness (QED) is 0.658. The van der Waals surface area contributed by atoms with Gasteiger partial charge in [0.05, 0.1) is 15.7 Å². The van der Waals surface area contributed by atoms with Crippen molar-refractivity contribution in [3.63, 3.8) is 0 Å². The van der Waals surface area contributed by atoms with Crippen molar-refractivity contribution in [2.45, 2.75) is 20.8 Å². The van der Waals surface area contributed by atoms with E-state index >= 15 is 0 Å². The van der Waals surface area contributed by atoms with Gasteiger partial charge in [-0.25, -0.2) is 4.79 Å². The van der Waals surface area contributed by atoms with Crippen LogP contribution in [0.3, 0.4) is 0 Å². The zero-order valence-corrected chi connectivity index (χ0v) is 11.3. The number of nitrogen functional groups attached to an aromatic ring is 1. The van der Waals surface area contributed by atoms with Gasteiger partial charge in [0.1, 0.15) is 5.52 Å². The fraction of sp³-hybridized carbons (Fsp3) is 0.333. The molecule has 2 aromatic rings. The van der Waals surface area contributed by atoms with E-state index in [0.717, 1.165) is 4.85 Å². The fourth-order valence-electron chi connectivity index (χ4n) is 1.50. The number of nitrogens with two attached hydrogens (primary N) is 1. The molecule has 0 radical (unpaired) electrons. The predicted molar refractivity (Wildman–Crippen MR) is 71.8 cm³/mol. The average Bonchev–Trinajstić information content (AvgIpc) is 2.64. The predicted octanol–water partition coefficient (Wildman–Crippen LogP) is 1.53. The molecule has 0 fully saturated rings. The Hall–Kier alpha value is -2.64. The van der Waals surface area contributed by atoms with Crippen LogP contribution in [0.25, 0.3) is 10.9 Å². The molecule has 1 aromatic heterocycles. The summed E-state index contributed by atoms with van der Waals surface area (Å²) >= 11 is 0. The van der Waals surface area contributed by atoms with Gasteiger partial charge >= 0.3 is 5.97 Å². The second kappa shape index (κ2) is 4.48. The highest BCUT2D eigenvalue weighted by molar-refractivity contribution is 5.91. The number of nitro benzene ring substituents is 1. The summed E-state index contributed by atoms with van der Waals surface area (Å²) in [5.74, 6) is -0.425. The lowest BCUT2D eigenvalue weighted by Crippen LogP contribution is -2.31. The van der Waals surface area contributed by atoms with Gasteiger partial charge in [0.25, 0.3) is 5.69 Å². The summed E-state index contributed by atoms with van der Waals surface area (Å²) in [6.45, 7) is 5.11. The Kier molecular flexibility index (Phi) is 3.09. The number of non-ortho nitro benzene ring substituents is 1. The molecule has 0 unspecified atom stereocenters. The topological polar surface area (TPSA) is 113 Å². The number of hydrogen-bond donors (Lipinski definition) is 1. The highest BCUT2D eigenvalue weighted by Crippen LogP contribution is 2.25. The molecule has 0 aliphatic heterocycles. The number of benzene rings is 1. The third-order valence-electron chi connectivity index (χ3n) is 2.65. The van der Waals surface area contributed by atoms with Crippen LogP contribution >= 0.6 is 0 Å². The van der Waals surface area contributed by atoms with E-state index in [1.165, 1.54) is 18.2 Å². The van der Waals surface area contributed by atoms with Crippen LogP contribution < -0.4 is 10.6 Å². The molecule has 1 heterocycles. The molecular weight excluding hydrogens is 264 g/mol. The van der Waals surface area contributed by atoms with E-state index < -0.39 is 16.3 Å². The lowest BCUT2D eigenvalue weighted by molar-refractivity contribution is -0.384. The van der Waals surface area contributed by atoms with Crippen LogP contribution in [0.5, 0.6) is 0 Å². The maximum absolute atomic E-state index is 11.8. The molecule has 2 rings (SSSR count). The molecule has 0 aliphatic rings.